The molecule has 17 heavy (non-hydrogen) atoms. The molecule has 0 saturated heterocycles. The van der Waals surface area contributed by atoms with E-state index in [2.05, 4.69) is 0 Å². The standard InChI is InChI=1S/C14H17ClO2/c1-9(16)12-8-10-6-4-3-5-7-11(10)13(15)14(12)17-2/h8H,3-7H2,1-2H3. The molecule has 3 heteroatoms. The number of Topliss-reactive ketones (excluding diaryl/α,β-unsaturated/α-hetero) is 1. The van der Waals surface area contributed by atoms with E-state index in [9.17, 15) is 4.79 Å². The molecule has 0 unspecified atom stereocenters. The molecule has 1 aromatic carbocycles. The Morgan fingerprint density at radius 3 is 2.65 bits per heavy atom. The molecule has 0 heterocycles. The van der Waals surface area contributed by atoms with Crippen LogP contribution in [0.1, 0.15) is 47.7 Å². The van der Waals surface area contributed by atoms with E-state index in [-0.39, 0.29) is 5.78 Å². The molecule has 2 rings (SSSR count). The van der Waals surface area contributed by atoms with Gasteiger partial charge in [0.15, 0.2) is 5.78 Å². The molecular weight excluding hydrogens is 236 g/mol. The molecule has 1 aliphatic rings. The Balaban J connectivity index is 2.61. The zero-order valence-electron chi connectivity index (χ0n) is 10.3. The summed E-state index contributed by atoms with van der Waals surface area (Å²) in [6.45, 7) is 1.55. The zero-order chi connectivity index (χ0) is 12.4. The fourth-order valence-electron chi connectivity index (χ4n) is 2.47. The second-order valence-electron chi connectivity index (χ2n) is 4.53. The number of fused-ring (bicyclic) bond motifs is 1. The number of hydrogen-bond acceptors (Lipinski definition) is 2. The van der Waals surface area contributed by atoms with Crippen LogP contribution in [0.3, 0.4) is 0 Å². The third-order valence-corrected chi connectivity index (χ3v) is 3.77. The van der Waals surface area contributed by atoms with Crippen LogP contribution in [0.2, 0.25) is 5.02 Å². The van der Waals surface area contributed by atoms with Crippen molar-refractivity contribution in [2.75, 3.05) is 7.11 Å². The topological polar surface area (TPSA) is 26.3 Å². The lowest BCUT2D eigenvalue weighted by atomic mass is 9.97. The van der Waals surface area contributed by atoms with Crippen LogP contribution in [0, 0.1) is 0 Å². The summed E-state index contributed by atoms with van der Waals surface area (Å²) in [6, 6.07) is 1.97. The zero-order valence-corrected chi connectivity index (χ0v) is 11.1. The number of methoxy groups -OCH3 is 1. The van der Waals surface area contributed by atoms with Crippen molar-refractivity contribution >= 4 is 17.4 Å². The molecule has 0 saturated carbocycles. The predicted molar refractivity (Wildman–Crippen MR) is 69.3 cm³/mol. The number of ketones is 1. The van der Waals surface area contributed by atoms with Gasteiger partial charge in [-0.1, -0.05) is 18.0 Å². The third-order valence-electron chi connectivity index (χ3n) is 3.37. The van der Waals surface area contributed by atoms with Gasteiger partial charge in [-0.15, -0.1) is 0 Å². The van der Waals surface area contributed by atoms with Crippen LogP contribution < -0.4 is 4.74 Å². The van der Waals surface area contributed by atoms with Gasteiger partial charge in [-0.3, -0.25) is 4.79 Å². The molecule has 1 aromatic rings. The smallest absolute Gasteiger partial charge is 0.163 e. The van der Waals surface area contributed by atoms with E-state index in [0.29, 0.717) is 16.3 Å². The number of carbonyl (C=O) groups is 1. The van der Waals surface area contributed by atoms with E-state index < -0.39 is 0 Å². The van der Waals surface area contributed by atoms with Crippen LogP contribution >= 0.6 is 11.6 Å². The first-order valence-electron chi connectivity index (χ1n) is 6.04. The summed E-state index contributed by atoms with van der Waals surface area (Å²) in [5.74, 6) is 0.551. The summed E-state index contributed by atoms with van der Waals surface area (Å²) in [4.78, 5) is 11.6. The Morgan fingerprint density at radius 1 is 1.29 bits per heavy atom. The number of aryl methyl sites for hydroxylation is 1. The lowest BCUT2D eigenvalue weighted by Crippen LogP contribution is -2.03. The minimum atomic E-state index is 0.01000. The molecule has 0 fully saturated rings. The third kappa shape index (κ3) is 2.32. The first-order chi connectivity index (χ1) is 8.15. The molecule has 0 atom stereocenters. The van der Waals surface area contributed by atoms with Crippen molar-refractivity contribution in [3.8, 4) is 5.75 Å². The molecule has 0 radical (unpaired) electrons. The van der Waals surface area contributed by atoms with Gasteiger partial charge in [-0.25, -0.2) is 0 Å². The number of ether oxygens (including phenoxy) is 1. The van der Waals surface area contributed by atoms with Crippen LogP contribution in [0.4, 0.5) is 0 Å². The Hall–Kier alpha value is -1.02. The summed E-state index contributed by atoms with van der Waals surface area (Å²) >= 11 is 6.37. The van der Waals surface area contributed by atoms with E-state index in [1.165, 1.54) is 24.0 Å². The van der Waals surface area contributed by atoms with Crippen molar-refractivity contribution in [3.63, 3.8) is 0 Å². The number of halogens is 1. The van der Waals surface area contributed by atoms with Gasteiger partial charge in [0.2, 0.25) is 0 Å². The minimum Gasteiger partial charge on any atom is -0.494 e. The van der Waals surface area contributed by atoms with E-state index in [4.69, 9.17) is 16.3 Å². The van der Waals surface area contributed by atoms with Gasteiger partial charge >= 0.3 is 0 Å². The molecule has 0 aromatic heterocycles. The van der Waals surface area contributed by atoms with Crippen molar-refractivity contribution in [2.45, 2.75) is 39.0 Å². The van der Waals surface area contributed by atoms with Crippen molar-refractivity contribution in [1.29, 1.82) is 0 Å². The fourth-order valence-corrected chi connectivity index (χ4v) is 2.87. The molecule has 2 nitrogen and oxygen atoms in total. The maximum atomic E-state index is 11.6. The SMILES string of the molecule is COc1c(C(C)=O)cc2c(c1Cl)CCCCC2. The van der Waals surface area contributed by atoms with Gasteiger partial charge in [0.05, 0.1) is 17.7 Å². The highest BCUT2D eigenvalue weighted by molar-refractivity contribution is 6.33. The van der Waals surface area contributed by atoms with E-state index in [1.54, 1.807) is 14.0 Å². The fraction of sp³-hybridized carbons (Fsp3) is 0.500. The highest BCUT2D eigenvalue weighted by Gasteiger charge is 2.20. The van der Waals surface area contributed by atoms with Crippen LogP contribution in [0.15, 0.2) is 6.07 Å². The van der Waals surface area contributed by atoms with E-state index in [1.807, 2.05) is 6.07 Å². The quantitative estimate of drug-likeness (QED) is 0.591. The van der Waals surface area contributed by atoms with Gasteiger partial charge in [-0.2, -0.15) is 0 Å². The Labute approximate surface area is 107 Å². The monoisotopic (exact) mass is 252 g/mol. The van der Waals surface area contributed by atoms with Crippen LogP contribution in [-0.2, 0) is 12.8 Å². The highest BCUT2D eigenvalue weighted by Crippen LogP contribution is 2.37. The molecule has 92 valence electrons. The summed E-state index contributed by atoms with van der Waals surface area (Å²) in [5.41, 5.74) is 3.00. The van der Waals surface area contributed by atoms with Crippen molar-refractivity contribution < 1.29 is 9.53 Å². The normalized spacial score (nSPS) is 15.0. The lowest BCUT2D eigenvalue weighted by Gasteiger charge is -2.15. The first kappa shape index (κ1) is 12.4. The van der Waals surface area contributed by atoms with Gasteiger partial charge in [-0.05, 0) is 49.8 Å². The molecule has 0 N–H and O–H groups in total. The molecule has 1 aliphatic carbocycles. The predicted octanol–water partition coefficient (Wildman–Crippen LogP) is 3.82. The average molecular weight is 253 g/mol. The molecular formula is C14H17ClO2. The van der Waals surface area contributed by atoms with Crippen molar-refractivity contribution in [3.05, 3.63) is 27.8 Å². The number of rotatable bonds is 2. The second-order valence-corrected chi connectivity index (χ2v) is 4.90. The maximum Gasteiger partial charge on any atom is 0.163 e. The van der Waals surface area contributed by atoms with Gasteiger partial charge < -0.3 is 4.74 Å². The van der Waals surface area contributed by atoms with Crippen molar-refractivity contribution in [1.82, 2.24) is 0 Å². The summed E-state index contributed by atoms with van der Waals surface area (Å²) in [6.07, 6.45) is 5.56. The van der Waals surface area contributed by atoms with E-state index >= 15 is 0 Å². The molecule has 0 bridgehead atoms. The van der Waals surface area contributed by atoms with Crippen LogP contribution in [0.25, 0.3) is 0 Å². The number of carbonyl (C=O) groups excluding carboxylic acids is 1. The first-order valence-corrected chi connectivity index (χ1v) is 6.42. The average Bonchev–Trinajstić information content (AvgIpc) is 2.54. The van der Waals surface area contributed by atoms with Gasteiger partial charge in [0, 0.05) is 0 Å². The van der Waals surface area contributed by atoms with Crippen LogP contribution in [-0.4, -0.2) is 12.9 Å². The number of hydrogen-bond donors (Lipinski definition) is 0. The second kappa shape index (κ2) is 5.09. The Bertz CT molecular complexity index is 452. The van der Waals surface area contributed by atoms with E-state index in [0.717, 1.165) is 19.3 Å². The Kier molecular flexibility index (Phi) is 3.72. The maximum absolute atomic E-state index is 11.6. The lowest BCUT2D eigenvalue weighted by molar-refractivity contribution is 0.101. The summed E-state index contributed by atoms with van der Waals surface area (Å²) in [7, 11) is 1.57. The highest BCUT2D eigenvalue weighted by atomic mass is 35.5. The molecule has 0 aliphatic heterocycles. The largest absolute Gasteiger partial charge is 0.494 e. The summed E-state index contributed by atoms with van der Waals surface area (Å²) < 4.78 is 5.29. The molecule has 0 spiro atoms. The number of benzene rings is 1. The van der Waals surface area contributed by atoms with Crippen LogP contribution in [0.5, 0.6) is 5.75 Å². The minimum absolute atomic E-state index is 0.01000. The van der Waals surface area contributed by atoms with Gasteiger partial charge in [0.1, 0.15) is 5.75 Å². The van der Waals surface area contributed by atoms with Crippen molar-refractivity contribution in [2.24, 2.45) is 0 Å². The molecule has 0 amide bonds. The summed E-state index contributed by atoms with van der Waals surface area (Å²) in [5, 5.41) is 0.636. The Morgan fingerprint density at radius 2 is 2.00 bits per heavy atom. The van der Waals surface area contributed by atoms with Gasteiger partial charge in [0.25, 0.3) is 0 Å².